The Kier molecular flexibility index (Phi) is 5.85. The molecule has 1 aromatic heterocycles. The van der Waals surface area contributed by atoms with Crippen LogP contribution in [0.2, 0.25) is 0 Å². The quantitative estimate of drug-likeness (QED) is 0.336. The summed E-state index contributed by atoms with van der Waals surface area (Å²) >= 11 is 0. The van der Waals surface area contributed by atoms with Crippen LogP contribution in [0.4, 0.5) is 0 Å². The standard InChI is InChI=1S/C29H34N2O/c1-28(2,3)22-13-11-21(12-14-22)19-31-26-10-8-7-9-25(26)30-27(31)20-32-24-17-15-23(16-18-24)29(4,5)6/h7-18H,19-20H2,1-6H3. The largest absolute Gasteiger partial charge is 0.486 e. The zero-order chi connectivity index (χ0) is 22.9. The van der Waals surface area contributed by atoms with Crippen molar-refractivity contribution < 1.29 is 4.74 Å². The molecule has 3 aromatic carbocycles. The lowest BCUT2D eigenvalue weighted by Gasteiger charge is -2.19. The van der Waals surface area contributed by atoms with Gasteiger partial charge in [0.15, 0.2) is 0 Å². The van der Waals surface area contributed by atoms with Gasteiger partial charge < -0.3 is 9.30 Å². The molecule has 0 aliphatic rings. The Bertz CT molecular complexity index is 1190. The highest BCUT2D eigenvalue weighted by atomic mass is 16.5. The van der Waals surface area contributed by atoms with Gasteiger partial charge in [-0.2, -0.15) is 0 Å². The van der Waals surface area contributed by atoms with Crippen LogP contribution >= 0.6 is 0 Å². The Labute approximate surface area is 192 Å². The maximum absolute atomic E-state index is 6.15. The highest BCUT2D eigenvalue weighted by molar-refractivity contribution is 5.76. The van der Waals surface area contributed by atoms with Crippen LogP contribution in [0.15, 0.2) is 72.8 Å². The molecule has 0 saturated carbocycles. The van der Waals surface area contributed by atoms with Crippen LogP contribution in [0.25, 0.3) is 11.0 Å². The summed E-state index contributed by atoms with van der Waals surface area (Å²) in [6.45, 7) is 14.6. The Morgan fingerprint density at radius 3 is 1.88 bits per heavy atom. The van der Waals surface area contributed by atoms with Crippen LogP contribution in [-0.4, -0.2) is 9.55 Å². The van der Waals surface area contributed by atoms with E-state index in [-0.39, 0.29) is 10.8 Å². The first-order chi connectivity index (χ1) is 15.1. The fraction of sp³-hybridized carbons (Fsp3) is 0.345. The Hall–Kier alpha value is -3.07. The van der Waals surface area contributed by atoms with Gasteiger partial charge in [0.25, 0.3) is 0 Å². The van der Waals surface area contributed by atoms with E-state index in [9.17, 15) is 0 Å². The first kappa shape index (κ1) is 22.1. The van der Waals surface area contributed by atoms with E-state index in [1.807, 2.05) is 6.07 Å². The number of ether oxygens (including phenoxy) is 1. The summed E-state index contributed by atoms with van der Waals surface area (Å²) in [6.07, 6.45) is 0. The second kappa shape index (κ2) is 8.46. The number of nitrogens with zero attached hydrogens (tertiary/aromatic N) is 2. The Balaban J connectivity index is 1.58. The predicted octanol–water partition coefficient (Wildman–Crippen LogP) is 7.26. The minimum atomic E-state index is 0.134. The second-order valence-electron chi connectivity index (χ2n) is 10.6. The molecule has 0 bridgehead atoms. The molecule has 0 N–H and O–H groups in total. The van der Waals surface area contributed by atoms with Crippen LogP contribution < -0.4 is 4.74 Å². The molecule has 32 heavy (non-hydrogen) atoms. The average molecular weight is 427 g/mol. The van der Waals surface area contributed by atoms with Gasteiger partial charge in [-0.05, 0) is 51.8 Å². The smallest absolute Gasteiger partial charge is 0.148 e. The zero-order valence-corrected chi connectivity index (χ0v) is 20.1. The molecule has 0 saturated heterocycles. The Morgan fingerprint density at radius 2 is 1.28 bits per heavy atom. The van der Waals surface area contributed by atoms with E-state index in [1.54, 1.807) is 0 Å². The van der Waals surface area contributed by atoms with E-state index in [1.165, 1.54) is 16.7 Å². The van der Waals surface area contributed by atoms with Crippen LogP contribution in [0.5, 0.6) is 5.75 Å². The molecule has 0 radical (unpaired) electrons. The fourth-order valence-electron chi connectivity index (χ4n) is 3.90. The first-order valence-electron chi connectivity index (χ1n) is 11.4. The summed E-state index contributed by atoms with van der Waals surface area (Å²) in [5.74, 6) is 1.80. The summed E-state index contributed by atoms with van der Waals surface area (Å²) in [5, 5.41) is 0. The molecule has 0 spiro atoms. The fourth-order valence-corrected chi connectivity index (χ4v) is 3.90. The third-order valence-electron chi connectivity index (χ3n) is 5.98. The van der Waals surface area contributed by atoms with E-state index in [0.29, 0.717) is 6.61 Å². The lowest BCUT2D eigenvalue weighted by atomic mass is 9.87. The van der Waals surface area contributed by atoms with Crippen molar-refractivity contribution in [1.82, 2.24) is 9.55 Å². The van der Waals surface area contributed by atoms with E-state index in [2.05, 4.69) is 113 Å². The van der Waals surface area contributed by atoms with Crippen molar-refractivity contribution in [2.24, 2.45) is 0 Å². The first-order valence-corrected chi connectivity index (χ1v) is 11.4. The number of fused-ring (bicyclic) bond motifs is 1. The molecule has 0 fully saturated rings. The molecule has 166 valence electrons. The molecule has 3 heteroatoms. The number of hydrogen-bond donors (Lipinski definition) is 0. The minimum absolute atomic E-state index is 0.134. The summed E-state index contributed by atoms with van der Waals surface area (Å²) in [4.78, 5) is 4.88. The number of rotatable bonds is 5. The molecule has 4 aromatic rings. The molecule has 0 aliphatic carbocycles. The second-order valence-corrected chi connectivity index (χ2v) is 10.6. The number of imidazole rings is 1. The zero-order valence-electron chi connectivity index (χ0n) is 20.1. The van der Waals surface area contributed by atoms with Gasteiger partial charge in [-0.25, -0.2) is 4.98 Å². The summed E-state index contributed by atoms with van der Waals surface area (Å²) in [7, 11) is 0. The summed E-state index contributed by atoms with van der Waals surface area (Å²) < 4.78 is 8.42. The van der Waals surface area contributed by atoms with Gasteiger partial charge in [0.2, 0.25) is 0 Å². The maximum atomic E-state index is 6.15. The maximum Gasteiger partial charge on any atom is 0.148 e. The van der Waals surface area contributed by atoms with Crippen molar-refractivity contribution in [3.8, 4) is 5.75 Å². The molecule has 3 nitrogen and oxygen atoms in total. The van der Waals surface area contributed by atoms with Crippen molar-refractivity contribution in [3.63, 3.8) is 0 Å². The molecule has 0 aliphatic heterocycles. The minimum Gasteiger partial charge on any atom is -0.486 e. The van der Waals surface area contributed by atoms with Crippen LogP contribution in [0, 0.1) is 0 Å². The molecule has 0 atom stereocenters. The van der Waals surface area contributed by atoms with Gasteiger partial charge in [-0.15, -0.1) is 0 Å². The van der Waals surface area contributed by atoms with Crippen molar-refractivity contribution in [3.05, 3.63) is 95.3 Å². The van der Waals surface area contributed by atoms with Crippen molar-refractivity contribution >= 4 is 11.0 Å². The molecule has 1 heterocycles. The van der Waals surface area contributed by atoms with E-state index in [0.717, 1.165) is 29.2 Å². The highest BCUT2D eigenvalue weighted by Crippen LogP contribution is 2.26. The van der Waals surface area contributed by atoms with Crippen molar-refractivity contribution in [2.45, 2.75) is 65.5 Å². The monoisotopic (exact) mass is 426 g/mol. The predicted molar refractivity (Wildman–Crippen MR) is 133 cm³/mol. The summed E-state index contributed by atoms with van der Waals surface area (Å²) in [5.41, 5.74) is 6.33. The van der Waals surface area contributed by atoms with Gasteiger partial charge in [0, 0.05) is 6.54 Å². The number of benzene rings is 3. The van der Waals surface area contributed by atoms with Gasteiger partial charge in [0.1, 0.15) is 18.2 Å². The average Bonchev–Trinajstić information content (AvgIpc) is 3.09. The van der Waals surface area contributed by atoms with Crippen molar-refractivity contribution in [1.29, 1.82) is 0 Å². The lowest BCUT2D eigenvalue weighted by molar-refractivity contribution is 0.291. The topological polar surface area (TPSA) is 27.1 Å². The van der Waals surface area contributed by atoms with Gasteiger partial charge >= 0.3 is 0 Å². The summed E-state index contributed by atoms with van der Waals surface area (Å²) in [6, 6.07) is 25.6. The van der Waals surface area contributed by atoms with E-state index < -0.39 is 0 Å². The molecule has 4 rings (SSSR count). The van der Waals surface area contributed by atoms with Gasteiger partial charge in [-0.3, -0.25) is 0 Å². The van der Waals surface area contributed by atoms with E-state index in [4.69, 9.17) is 9.72 Å². The van der Waals surface area contributed by atoms with Gasteiger partial charge in [0.05, 0.1) is 11.0 Å². The van der Waals surface area contributed by atoms with Crippen LogP contribution in [0.1, 0.15) is 64.1 Å². The van der Waals surface area contributed by atoms with Crippen LogP contribution in [-0.2, 0) is 24.0 Å². The number of aromatic nitrogens is 2. The third kappa shape index (κ3) is 4.88. The third-order valence-corrected chi connectivity index (χ3v) is 5.98. The highest BCUT2D eigenvalue weighted by Gasteiger charge is 2.16. The number of para-hydroxylation sites is 2. The van der Waals surface area contributed by atoms with Gasteiger partial charge in [-0.1, -0.05) is 90.1 Å². The molecular weight excluding hydrogens is 392 g/mol. The number of hydrogen-bond acceptors (Lipinski definition) is 2. The Morgan fingerprint density at radius 1 is 0.719 bits per heavy atom. The molecular formula is C29H34N2O. The van der Waals surface area contributed by atoms with E-state index >= 15 is 0 Å². The lowest BCUT2D eigenvalue weighted by Crippen LogP contribution is -2.12. The SMILES string of the molecule is CC(C)(C)c1ccc(Cn2c(COc3ccc(C(C)(C)C)cc3)nc3ccccc32)cc1. The molecule has 0 amide bonds. The normalized spacial score (nSPS) is 12.3. The molecule has 0 unspecified atom stereocenters. The van der Waals surface area contributed by atoms with Crippen LogP contribution in [0.3, 0.4) is 0 Å². The van der Waals surface area contributed by atoms with Crippen molar-refractivity contribution in [2.75, 3.05) is 0 Å².